The number of pyridine rings is 1. The molecule has 64 valence electrons. The molecule has 0 aliphatic rings. The Balaban J connectivity index is 2.89. The van der Waals surface area contributed by atoms with E-state index < -0.39 is 0 Å². The van der Waals surface area contributed by atoms with E-state index in [2.05, 4.69) is 11.6 Å². The number of nitrogens with zero attached hydrogens (tertiary/aromatic N) is 1. The highest BCUT2D eigenvalue weighted by Gasteiger charge is 2.19. The van der Waals surface area contributed by atoms with Gasteiger partial charge in [0, 0.05) is 6.20 Å². The van der Waals surface area contributed by atoms with Gasteiger partial charge in [-0.25, -0.2) is 0 Å². The summed E-state index contributed by atoms with van der Waals surface area (Å²) < 4.78 is 0. The van der Waals surface area contributed by atoms with Crippen LogP contribution in [0.1, 0.15) is 19.0 Å². The van der Waals surface area contributed by atoms with Gasteiger partial charge >= 0.3 is 0 Å². The number of aromatic nitrogens is 1. The van der Waals surface area contributed by atoms with Crippen molar-refractivity contribution in [2.75, 3.05) is 0 Å². The summed E-state index contributed by atoms with van der Waals surface area (Å²) in [6, 6.07) is 5.76. The van der Waals surface area contributed by atoms with Gasteiger partial charge in [-0.05, 0) is 25.5 Å². The van der Waals surface area contributed by atoms with Crippen molar-refractivity contribution < 1.29 is 0 Å². The zero-order valence-electron chi connectivity index (χ0n) is 7.33. The Labute approximate surface area is 73.1 Å². The van der Waals surface area contributed by atoms with Crippen molar-refractivity contribution in [2.24, 2.45) is 5.73 Å². The average molecular weight is 162 g/mol. The molecule has 12 heavy (non-hydrogen) atoms. The molecule has 0 aromatic carbocycles. The fourth-order valence-corrected chi connectivity index (χ4v) is 1.11. The van der Waals surface area contributed by atoms with E-state index >= 15 is 0 Å². The molecule has 1 aromatic heterocycles. The van der Waals surface area contributed by atoms with E-state index in [-0.39, 0.29) is 5.54 Å². The highest BCUT2D eigenvalue weighted by molar-refractivity contribution is 5.14. The quantitative estimate of drug-likeness (QED) is 0.689. The van der Waals surface area contributed by atoms with Crippen LogP contribution >= 0.6 is 0 Å². The Morgan fingerprint density at radius 3 is 2.92 bits per heavy atom. The smallest absolute Gasteiger partial charge is 0.0602 e. The van der Waals surface area contributed by atoms with Crippen LogP contribution in [0.2, 0.25) is 0 Å². The van der Waals surface area contributed by atoms with E-state index in [1.165, 1.54) is 0 Å². The van der Waals surface area contributed by atoms with Crippen LogP contribution in [0.15, 0.2) is 37.1 Å². The molecule has 0 aliphatic heterocycles. The minimum Gasteiger partial charge on any atom is -0.320 e. The van der Waals surface area contributed by atoms with E-state index in [1.807, 2.05) is 31.2 Å². The van der Waals surface area contributed by atoms with E-state index in [0.29, 0.717) is 0 Å². The maximum Gasteiger partial charge on any atom is 0.0602 e. The van der Waals surface area contributed by atoms with Gasteiger partial charge in [0.1, 0.15) is 0 Å². The zero-order chi connectivity index (χ0) is 9.03. The van der Waals surface area contributed by atoms with Gasteiger partial charge < -0.3 is 5.73 Å². The van der Waals surface area contributed by atoms with Crippen molar-refractivity contribution in [3.63, 3.8) is 0 Å². The van der Waals surface area contributed by atoms with Gasteiger partial charge in [-0.15, -0.1) is 6.58 Å². The van der Waals surface area contributed by atoms with Gasteiger partial charge in [0.2, 0.25) is 0 Å². The van der Waals surface area contributed by atoms with Crippen LogP contribution in [0.5, 0.6) is 0 Å². The molecule has 2 heteroatoms. The lowest BCUT2D eigenvalue weighted by Crippen LogP contribution is -2.33. The second-order valence-electron chi connectivity index (χ2n) is 3.13. The summed E-state index contributed by atoms with van der Waals surface area (Å²) in [5, 5.41) is 0. The van der Waals surface area contributed by atoms with E-state index in [4.69, 9.17) is 5.73 Å². The van der Waals surface area contributed by atoms with Crippen LogP contribution in [-0.2, 0) is 5.54 Å². The van der Waals surface area contributed by atoms with Gasteiger partial charge in [0.25, 0.3) is 0 Å². The van der Waals surface area contributed by atoms with E-state index in [0.717, 1.165) is 12.1 Å². The number of hydrogen-bond acceptors (Lipinski definition) is 2. The summed E-state index contributed by atoms with van der Waals surface area (Å²) >= 11 is 0. The highest BCUT2D eigenvalue weighted by atomic mass is 14.8. The minimum atomic E-state index is -0.386. The van der Waals surface area contributed by atoms with Crippen molar-refractivity contribution in [1.82, 2.24) is 4.98 Å². The highest BCUT2D eigenvalue weighted by Crippen LogP contribution is 2.18. The monoisotopic (exact) mass is 162 g/mol. The Morgan fingerprint density at radius 1 is 1.67 bits per heavy atom. The zero-order valence-corrected chi connectivity index (χ0v) is 7.33. The van der Waals surface area contributed by atoms with E-state index in [9.17, 15) is 0 Å². The number of nitrogens with two attached hydrogens (primary N) is 1. The lowest BCUT2D eigenvalue weighted by Gasteiger charge is -2.21. The third-order valence-electron chi connectivity index (χ3n) is 1.82. The predicted octanol–water partition coefficient (Wildman–Crippen LogP) is 1.83. The number of rotatable bonds is 3. The Bertz CT molecular complexity index is 252. The van der Waals surface area contributed by atoms with Crippen molar-refractivity contribution in [3.05, 3.63) is 42.7 Å². The number of hydrogen-bond donors (Lipinski definition) is 1. The van der Waals surface area contributed by atoms with Crippen LogP contribution in [0, 0.1) is 0 Å². The Hall–Kier alpha value is -1.15. The first kappa shape index (κ1) is 8.94. The van der Waals surface area contributed by atoms with Crippen molar-refractivity contribution >= 4 is 0 Å². The summed E-state index contributed by atoms with van der Waals surface area (Å²) in [4.78, 5) is 4.20. The fraction of sp³-hybridized carbons (Fsp3) is 0.300. The topological polar surface area (TPSA) is 38.9 Å². The standard InChI is InChI=1S/C10H14N2/c1-3-7-10(2,11)9-6-4-5-8-12-9/h3-6,8H,1,7,11H2,2H3/t10-/m0/s1. The molecule has 1 heterocycles. The van der Waals surface area contributed by atoms with Gasteiger partial charge in [-0.1, -0.05) is 12.1 Å². The molecule has 0 spiro atoms. The van der Waals surface area contributed by atoms with Crippen molar-refractivity contribution in [1.29, 1.82) is 0 Å². The second-order valence-corrected chi connectivity index (χ2v) is 3.13. The first-order chi connectivity index (χ1) is 5.67. The Morgan fingerprint density at radius 2 is 2.42 bits per heavy atom. The molecule has 0 unspecified atom stereocenters. The molecular formula is C10H14N2. The molecule has 2 nitrogen and oxygen atoms in total. The molecule has 1 aromatic rings. The van der Waals surface area contributed by atoms with E-state index in [1.54, 1.807) is 6.20 Å². The molecule has 1 rings (SSSR count). The van der Waals surface area contributed by atoms with Gasteiger partial charge in [0.05, 0.1) is 11.2 Å². The first-order valence-electron chi connectivity index (χ1n) is 3.98. The molecule has 1 atom stereocenters. The summed E-state index contributed by atoms with van der Waals surface area (Å²) in [7, 11) is 0. The first-order valence-corrected chi connectivity index (χ1v) is 3.98. The summed E-state index contributed by atoms with van der Waals surface area (Å²) in [6.07, 6.45) is 4.31. The van der Waals surface area contributed by atoms with Crippen LogP contribution in [0.3, 0.4) is 0 Å². The molecular weight excluding hydrogens is 148 g/mol. The maximum atomic E-state index is 6.01. The van der Waals surface area contributed by atoms with Gasteiger partial charge in [-0.2, -0.15) is 0 Å². The normalized spacial score (nSPS) is 15.2. The molecule has 0 saturated heterocycles. The molecule has 0 bridgehead atoms. The molecule has 0 amide bonds. The average Bonchev–Trinajstić information content (AvgIpc) is 2.06. The third-order valence-corrected chi connectivity index (χ3v) is 1.82. The molecule has 0 saturated carbocycles. The third kappa shape index (κ3) is 1.92. The predicted molar refractivity (Wildman–Crippen MR) is 50.6 cm³/mol. The molecule has 0 radical (unpaired) electrons. The van der Waals surface area contributed by atoms with Crippen LogP contribution in [0.25, 0.3) is 0 Å². The van der Waals surface area contributed by atoms with Crippen molar-refractivity contribution in [3.8, 4) is 0 Å². The summed E-state index contributed by atoms with van der Waals surface area (Å²) in [6.45, 7) is 5.62. The fourth-order valence-electron chi connectivity index (χ4n) is 1.11. The minimum absolute atomic E-state index is 0.386. The Kier molecular flexibility index (Phi) is 2.61. The summed E-state index contributed by atoms with van der Waals surface area (Å²) in [5.41, 5.74) is 6.54. The van der Waals surface area contributed by atoms with Gasteiger partial charge in [-0.3, -0.25) is 4.98 Å². The lowest BCUT2D eigenvalue weighted by atomic mass is 9.94. The largest absolute Gasteiger partial charge is 0.320 e. The lowest BCUT2D eigenvalue weighted by molar-refractivity contribution is 0.486. The summed E-state index contributed by atoms with van der Waals surface area (Å²) in [5.74, 6) is 0. The molecule has 0 fully saturated rings. The second kappa shape index (κ2) is 3.50. The maximum absolute atomic E-state index is 6.01. The van der Waals surface area contributed by atoms with Crippen LogP contribution in [-0.4, -0.2) is 4.98 Å². The molecule has 0 aliphatic carbocycles. The van der Waals surface area contributed by atoms with Crippen LogP contribution < -0.4 is 5.73 Å². The van der Waals surface area contributed by atoms with Crippen LogP contribution in [0.4, 0.5) is 0 Å². The van der Waals surface area contributed by atoms with Gasteiger partial charge in [0.15, 0.2) is 0 Å². The molecule has 2 N–H and O–H groups in total. The van der Waals surface area contributed by atoms with Crippen molar-refractivity contribution in [2.45, 2.75) is 18.9 Å². The SMILES string of the molecule is C=CC[C@](C)(N)c1ccccn1.